The van der Waals surface area contributed by atoms with Crippen LogP contribution in [0.4, 0.5) is 5.82 Å². The van der Waals surface area contributed by atoms with Crippen molar-refractivity contribution in [2.24, 2.45) is 0 Å². The normalized spacial score (nSPS) is 16.8. The van der Waals surface area contributed by atoms with E-state index in [-0.39, 0.29) is 0 Å². The molecule has 3 aromatic rings. The molecule has 0 atom stereocenters. The average molecular weight is 341 g/mol. The minimum Gasteiger partial charge on any atom is -0.356 e. The topological polar surface area (TPSA) is 57.7 Å². The fraction of sp³-hybridized carbons (Fsp3) is 0.286. The Morgan fingerprint density at radius 1 is 1.08 bits per heavy atom. The van der Waals surface area contributed by atoms with Crippen LogP contribution in [0.15, 0.2) is 42.9 Å². The minimum atomic E-state index is 0.502. The molecular formula is C21H19N5. The molecule has 0 unspecified atom stereocenters. The van der Waals surface area contributed by atoms with E-state index in [0.717, 1.165) is 38.2 Å². The first-order valence-electron chi connectivity index (χ1n) is 9.09. The number of pyridine rings is 2. The van der Waals surface area contributed by atoms with Crippen LogP contribution in [0.2, 0.25) is 0 Å². The van der Waals surface area contributed by atoms with Gasteiger partial charge in [-0.2, -0.15) is 5.26 Å². The average Bonchev–Trinajstić information content (AvgIpc) is 3.34. The number of anilines is 1. The lowest BCUT2D eigenvalue weighted by Crippen LogP contribution is -2.35. The summed E-state index contributed by atoms with van der Waals surface area (Å²) in [6, 6.07) is 8.61. The van der Waals surface area contributed by atoms with Crippen LogP contribution in [-0.2, 0) is 6.42 Å². The van der Waals surface area contributed by atoms with Gasteiger partial charge in [0.15, 0.2) is 0 Å². The lowest BCUT2D eigenvalue weighted by Gasteiger charge is -2.34. The van der Waals surface area contributed by atoms with E-state index in [9.17, 15) is 0 Å². The van der Waals surface area contributed by atoms with Gasteiger partial charge in [0, 0.05) is 55.1 Å². The van der Waals surface area contributed by atoms with Crippen molar-refractivity contribution in [1.82, 2.24) is 14.5 Å². The second-order valence-corrected chi connectivity index (χ2v) is 6.99. The predicted molar refractivity (Wildman–Crippen MR) is 102 cm³/mol. The predicted octanol–water partition coefficient (Wildman–Crippen LogP) is 3.71. The second kappa shape index (κ2) is 5.99. The zero-order chi connectivity index (χ0) is 17.5. The molecule has 1 saturated heterocycles. The van der Waals surface area contributed by atoms with Gasteiger partial charge in [-0.25, -0.2) is 4.98 Å². The van der Waals surface area contributed by atoms with Gasteiger partial charge in [-0.15, -0.1) is 0 Å². The third-order valence-corrected chi connectivity index (χ3v) is 5.53. The van der Waals surface area contributed by atoms with Crippen molar-refractivity contribution in [3.05, 3.63) is 59.7 Å². The molecule has 5 heteroatoms. The Morgan fingerprint density at radius 3 is 2.73 bits per heavy atom. The Kier molecular flexibility index (Phi) is 3.49. The van der Waals surface area contributed by atoms with Crippen molar-refractivity contribution in [2.45, 2.75) is 25.3 Å². The van der Waals surface area contributed by atoms with Crippen molar-refractivity contribution in [2.75, 3.05) is 18.0 Å². The Labute approximate surface area is 152 Å². The molecule has 1 aliphatic carbocycles. The highest BCUT2D eigenvalue weighted by atomic mass is 15.2. The molecular weight excluding hydrogens is 322 g/mol. The van der Waals surface area contributed by atoms with Gasteiger partial charge >= 0.3 is 0 Å². The van der Waals surface area contributed by atoms with Gasteiger partial charge in [-0.3, -0.25) is 4.98 Å². The minimum absolute atomic E-state index is 0.502. The summed E-state index contributed by atoms with van der Waals surface area (Å²) in [7, 11) is 0. The Balaban J connectivity index is 1.39. The molecule has 1 fully saturated rings. The number of piperidine rings is 1. The van der Waals surface area contributed by atoms with E-state index in [1.54, 1.807) is 6.20 Å². The molecule has 0 spiro atoms. The third kappa shape index (κ3) is 2.38. The van der Waals surface area contributed by atoms with Crippen molar-refractivity contribution in [3.8, 4) is 6.07 Å². The molecule has 4 heterocycles. The third-order valence-electron chi connectivity index (χ3n) is 5.53. The molecule has 0 aromatic carbocycles. The van der Waals surface area contributed by atoms with Gasteiger partial charge in [-0.05, 0) is 31.0 Å². The van der Waals surface area contributed by atoms with Crippen LogP contribution >= 0.6 is 0 Å². The Hall–Kier alpha value is -3.13. The van der Waals surface area contributed by atoms with Crippen LogP contribution in [0.1, 0.15) is 35.7 Å². The maximum Gasteiger partial charge on any atom is 0.128 e. The first-order valence-corrected chi connectivity index (χ1v) is 9.09. The summed E-state index contributed by atoms with van der Waals surface area (Å²) in [6.45, 7) is 1.96. The largest absolute Gasteiger partial charge is 0.356 e. The monoisotopic (exact) mass is 341 g/mol. The number of fused-ring (bicyclic) bond motifs is 3. The highest BCUT2D eigenvalue weighted by molar-refractivity contribution is 5.90. The molecule has 26 heavy (non-hydrogen) atoms. The Bertz CT molecular complexity index is 1030. The zero-order valence-electron chi connectivity index (χ0n) is 14.5. The van der Waals surface area contributed by atoms with E-state index >= 15 is 0 Å². The molecule has 1 aliphatic heterocycles. The fourth-order valence-corrected chi connectivity index (χ4v) is 4.16. The van der Waals surface area contributed by atoms with Gasteiger partial charge in [0.1, 0.15) is 11.9 Å². The first-order chi connectivity index (χ1) is 12.8. The smallest absolute Gasteiger partial charge is 0.128 e. The maximum absolute atomic E-state index is 8.92. The molecule has 0 amide bonds. The van der Waals surface area contributed by atoms with Gasteiger partial charge in [0.25, 0.3) is 0 Å². The van der Waals surface area contributed by atoms with Crippen LogP contribution in [0, 0.1) is 11.3 Å². The number of rotatable bonds is 2. The van der Waals surface area contributed by atoms with Crippen LogP contribution < -0.4 is 4.90 Å². The first kappa shape index (κ1) is 15.2. The van der Waals surface area contributed by atoms with E-state index in [1.165, 1.54) is 22.2 Å². The fourth-order valence-electron chi connectivity index (χ4n) is 4.16. The highest BCUT2D eigenvalue weighted by Crippen LogP contribution is 2.33. The number of hydrogen-bond donors (Lipinski definition) is 0. The maximum atomic E-state index is 8.92. The van der Waals surface area contributed by atoms with Gasteiger partial charge < -0.3 is 9.47 Å². The molecule has 0 N–H and O–H groups in total. The number of nitriles is 1. The zero-order valence-corrected chi connectivity index (χ0v) is 14.5. The summed E-state index contributed by atoms with van der Waals surface area (Å²) in [5.74, 6) is 0.966. The van der Waals surface area contributed by atoms with E-state index in [4.69, 9.17) is 5.26 Å². The lowest BCUT2D eigenvalue weighted by molar-refractivity contribution is 0.404. The van der Waals surface area contributed by atoms with Crippen molar-refractivity contribution in [3.63, 3.8) is 0 Å². The van der Waals surface area contributed by atoms with Gasteiger partial charge in [-0.1, -0.05) is 12.2 Å². The highest BCUT2D eigenvalue weighted by Gasteiger charge is 2.24. The lowest BCUT2D eigenvalue weighted by atomic mass is 10.0. The summed E-state index contributed by atoms with van der Waals surface area (Å²) < 4.78 is 2.45. The standard InChI is InChI=1S/C21H19N5/c22-12-15-4-5-20(24-13-15)25-9-7-17(8-10-25)26-11-6-16-14-23-19-3-1-2-18(19)21(16)26/h1-2,4-6,11,13-14,17H,3,7-10H2. The second-order valence-electron chi connectivity index (χ2n) is 6.99. The molecule has 0 radical (unpaired) electrons. The van der Waals surface area contributed by atoms with E-state index in [0.29, 0.717) is 11.6 Å². The number of aromatic nitrogens is 3. The summed E-state index contributed by atoms with van der Waals surface area (Å²) in [6.07, 6.45) is 13.4. The van der Waals surface area contributed by atoms with Crippen LogP contribution in [-0.4, -0.2) is 27.6 Å². The van der Waals surface area contributed by atoms with Crippen molar-refractivity contribution < 1.29 is 0 Å². The molecule has 0 saturated carbocycles. The van der Waals surface area contributed by atoms with E-state index in [1.807, 2.05) is 18.3 Å². The molecule has 5 nitrogen and oxygen atoms in total. The van der Waals surface area contributed by atoms with Gasteiger partial charge in [0.05, 0.1) is 16.8 Å². The molecule has 5 rings (SSSR count). The van der Waals surface area contributed by atoms with Crippen LogP contribution in [0.5, 0.6) is 0 Å². The summed E-state index contributed by atoms with van der Waals surface area (Å²) in [5.41, 5.74) is 4.43. The summed E-state index contributed by atoms with van der Waals surface area (Å²) >= 11 is 0. The summed E-state index contributed by atoms with van der Waals surface area (Å²) in [4.78, 5) is 11.3. The quantitative estimate of drug-likeness (QED) is 0.713. The number of nitrogens with zero attached hydrogens (tertiary/aromatic N) is 5. The SMILES string of the molecule is N#Cc1ccc(N2CCC(n3ccc4cnc5c(c43)C=CC5)CC2)nc1. The Morgan fingerprint density at radius 2 is 1.96 bits per heavy atom. The van der Waals surface area contributed by atoms with Crippen LogP contribution in [0.25, 0.3) is 17.0 Å². The number of hydrogen-bond acceptors (Lipinski definition) is 4. The summed E-state index contributed by atoms with van der Waals surface area (Å²) in [5, 5.41) is 10.1. The van der Waals surface area contributed by atoms with Crippen molar-refractivity contribution in [1.29, 1.82) is 5.26 Å². The van der Waals surface area contributed by atoms with Crippen molar-refractivity contribution >= 4 is 22.8 Å². The number of allylic oxidation sites excluding steroid dienone is 1. The molecule has 128 valence electrons. The van der Waals surface area contributed by atoms with E-state index < -0.39 is 0 Å². The molecule has 2 aliphatic rings. The molecule has 0 bridgehead atoms. The molecule has 3 aromatic heterocycles. The van der Waals surface area contributed by atoms with Gasteiger partial charge in [0.2, 0.25) is 0 Å². The van der Waals surface area contributed by atoms with Crippen LogP contribution in [0.3, 0.4) is 0 Å². The van der Waals surface area contributed by atoms with E-state index in [2.05, 4.69) is 49.9 Å².